The zero-order chi connectivity index (χ0) is 19.3. The Labute approximate surface area is 153 Å². The average Bonchev–Trinajstić information content (AvgIpc) is 3.39. The number of halogens is 2. The summed E-state index contributed by atoms with van der Waals surface area (Å²) in [5.41, 5.74) is 2.96. The van der Waals surface area contributed by atoms with Crippen molar-refractivity contribution in [2.45, 2.75) is 36.3 Å². The van der Waals surface area contributed by atoms with Gasteiger partial charge >= 0.3 is 5.76 Å². The Kier molecular flexibility index (Phi) is 3.96. The number of hydrogen-bond acceptors (Lipinski definition) is 5. The zero-order valence-electron chi connectivity index (χ0n) is 14.2. The van der Waals surface area contributed by atoms with E-state index in [1.807, 2.05) is 0 Å². The lowest BCUT2D eigenvalue weighted by Gasteiger charge is -2.11. The minimum absolute atomic E-state index is 0.176. The second-order valence-electron chi connectivity index (χ2n) is 6.55. The number of rotatable bonds is 4. The Hall–Kier alpha value is -2.86. The van der Waals surface area contributed by atoms with Crippen molar-refractivity contribution >= 4 is 20.7 Å². The van der Waals surface area contributed by atoms with Crippen LogP contribution in [0.5, 0.6) is 0 Å². The van der Waals surface area contributed by atoms with E-state index in [9.17, 15) is 22.5 Å². The first-order valence-corrected chi connectivity index (χ1v) is 9.79. The molecule has 138 valence electrons. The Morgan fingerprint density at radius 3 is 2.67 bits per heavy atom. The molecule has 1 aliphatic rings. The van der Waals surface area contributed by atoms with Crippen LogP contribution in [0.25, 0.3) is 22.0 Å². The summed E-state index contributed by atoms with van der Waals surface area (Å²) < 4.78 is 49.4. The van der Waals surface area contributed by atoms with E-state index >= 15 is 0 Å². The van der Waals surface area contributed by atoms with Gasteiger partial charge in [-0.05, 0) is 37.0 Å². The van der Waals surface area contributed by atoms with Crippen molar-refractivity contribution in [2.75, 3.05) is 0 Å². The molecule has 9 heteroatoms. The quantitative estimate of drug-likeness (QED) is 0.735. The predicted molar refractivity (Wildman–Crippen MR) is 93.9 cm³/mol. The fourth-order valence-corrected chi connectivity index (χ4v) is 4.25. The molecule has 0 aliphatic heterocycles. The van der Waals surface area contributed by atoms with Crippen molar-refractivity contribution < 1.29 is 17.2 Å². The number of H-pyrrole nitrogens is 1. The van der Waals surface area contributed by atoms with Crippen molar-refractivity contribution in [1.82, 2.24) is 15.2 Å². The highest BCUT2D eigenvalue weighted by Crippen LogP contribution is 2.45. The first-order chi connectivity index (χ1) is 12.8. The maximum Gasteiger partial charge on any atom is 0.341 e. The summed E-state index contributed by atoms with van der Waals surface area (Å²) in [6, 6.07) is 6.14. The normalized spacial score (nSPS) is 14.6. The fraction of sp³-hybridized carbons (Fsp3) is 0.278. The molecule has 2 heterocycles. The number of fused-ring (bicyclic) bond motifs is 1. The third-order valence-corrected chi connectivity index (χ3v) is 6.26. The Morgan fingerprint density at radius 1 is 1.33 bits per heavy atom. The van der Waals surface area contributed by atoms with E-state index in [1.54, 1.807) is 0 Å². The van der Waals surface area contributed by atoms with Gasteiger partial charge in [-0.3, -0.25) is 5.10 Å². The van der Waals surface area contributed by atoms with Crippen LogP contribution in [-0.4, -0.2) is 29.4 Å². The van der Waals surface area contributed by atoms with Crippen LogP contribution in [0.3, 0.4) is 0 Å². The summed E-state index contributed by atoms with van der Waals surface area (Å²) in [4.78, 5) is 3.72. The first kappa shape index (κ1) is 17.5. The Morgan fingerprint density at radius 2 is 2.07 bits per heavy atom. The SMILES string of the molecule is Cc1cc(-c2c(C#N)ncc3n[nH]c(C4CC4)c23)ccc1S(=O)(=O)C(F)F. The molecule has 0 amide bonds. The van der Waals surface area contributed by atoms with E-state index < -0.39 is 20.5 Å². The molecule has 0 bridgehead atoms. The number of aromatic nitrogens is 3. The molecule has 1 N–H and O–H groups in total. The van der Waals surface area contributed by atoms with Crippen molar-refractivity contribution in [3.8, 4) is 17.2 Å². The highest BCUT2D eigenvalue weighted by atomic mass is 32.2. The molecule has 1 aromatic carbocycles. The molecule has 0 atom stereocenters. The van der Waals surface area contributed by atoms with Gasteiger partial charge in [0.1, 0.15) is 17.3 Å². The molecule has 0 spiro atoms. The molecule has 27 heavy (non-hydrogen) atoms. The van der Waals surface area contributed by atoms with Crippen molar-refractivity contribution in [3.05, 3.63) is 41.3 Å². The predicted octanol–water partition coefficient (Wildman–Crippen LogP) is 3.68. The molecule has 6 nitrogen and oxygen atoms in total. The van der Waals surface area contributed by atoms with E-state index in [0.29, 0.717) is 22.6 Å². The van der Waals surface area contributed by atoms with Crippen LogP contribution in [-0.2, 0) is 9.84 Å². The minimum Gasteiger partial charge on any atom is -0.281 e. The molecule has 2 aromatic heterocycles. The summed E-state index contributed by atoms with van der Waals surface area (Å²) in [5, 5.41) is 17.5. The minimum atomic E-state index is -4.70. The van der Waals surface area contributed by atoms with Crippen LogP contribution in [0.4, 0.5) is 8.78 Å². The largest absolute Gasteiger partial charge is 0.341 e. The molecule has 3 aromatic rings. The highest BCUT2D eigenvalue weighted by Gasteiger charge is 2.31. The molecular weight excluding hydrogens is 374 g/mol. The van der Waals surface area contributed by atoms with Crippen LogP contribution in [0.1, 0.15) is 35.7 Å². The van der Waals surface area contributed by atoms with E-state index in [-0.39, 0.29) is 11.3 Å². The summed E-state index contributed by atoms with van der Waals surface area (Å²) in [5.74, 6) is -3.15. The van der Waals surface area contributed by atoms with Crippen LogP contribution < -0.4 is 0 Å². The molecule has 4 rings (SSSR count). The third kappa shape index (κ3) is 2.77. The van der Waals surface area contributed by atoms with Crippen LogP contribution >= 0.6 is 0 Å². The van der Waals surface area contributed by atoms with E-state index in [1.165, 1.54) is 25.3 Å². The number of nitrogens with zero attached hydrogens (tertiary/aromatic N) is 3. The summed E-state index contributed by atoms with van der Waals surface area (Å²) in [6.07, 6.45) is 3.55. The second kappa shape index (κ2) is 6.09. The average molecular weight is 388 g/mol. The first-order valence-electron chi connectivity index (χ1n) is 8.24. The van der Waals surface area contributed by atoms with Gasteiger partial charge < -0.3 is 0 Å². The van der Waals surface area contributed by atoms with Crippen LogP contribution in [0.2, 0.25) is 0 Å². The lowest BCUT2D eigenvalue weighted by molar-refractivity contribution is 0.234. The van der Waals surface area contributed by atoms with Crippen molar-refractivity contribution in [3.63, 3.8) is 0 Å². The van der Waals surface area contributed by atoms with E-state index in [2.05, 4.69) is 21.3 Å². The Balaban J connectivity index is 1.96. The van der Waals surface area contributed by atoms with Gasteiger partial charge in [-0.1, -0.05) is 12.1 Å². The van der Waals surface area contributed by atoms with E-state index in [0.717, 1.165) is 30.0 Å². The molecule has 1 fully saturated rings. The maximum atomic E-state index is 12.9. The van der Waals surface area contributed by atoms with Gasteiger partial charge in [0.2, 0.25) is 9.84 Å². The van der Waals surface area contributed by atoms with Crippen molar-refractivity contribution in [1.29, 1.82) is 5.26 Å². The van der Waals surface area contributed by atoms with Gasteiger partial charge in [0, 0.05) is 22.6 Å². The lowest BCUT2D eigenvalue weighted by atomic mass is 9.96. The molecular formula is C18H14F2N4O2S. The number of aryl methyl sites for hydroxylation is 1. The summed E-state index contributed by atoms with van der Waals surface area (Å²) in [7, 11) is -4.70. The molecule has 0 unspecified atom stereocenters. The number of benzene rings is 1. The topological polar surface area (TPSA) is 99.5 Å². The highest BCUT2D eigenvalue weighted by molar-refractivity contribution is 7.91. The number of nitrogens with one attached hydrogen (secondary N) is 1. The Bertz CT molecular complexity index is 1210. The van der Waals surface area contributed by atoms with Gasteiger partial charge in [-0.15, -0.1) is 0 Å². The number of nitriles is 1. The van der Waals surface area contributed by atoms with Crippen molar-refractivity contribution in [2.24, 2.45) is 0 Å². The number of alkyl halides is 2. The van der Waals surface area contributed by atoms with Gasteiger partial charge in [-0.25, -0.2) is 13.4 Å². The monoisotopic (exact) mass is 388 g/mol. The fourth-order valence-electron chi connectivity index (χ4n) is 3.29. The van der Waals surface area contributed by atoms with Gasteiger partial charge in [0.15, 0.2) is 0 Å². The van der Waals surface area contributed by atoms with E-state index in [4.69, 9.17) is 0 Å². The summed E-state index contributed by atoms with van der Waals surface area (Å²) >= 11 is 0. The van der Waals surface area contributed by atoms with Crippen LogP contribution in [0.15, 0.2) is 29.3 Å². The summed E-state index contributed by atoms with van der Waals surface area (Å²) in [6.45, 7) is 1.45. The smallest absolute Gasteiger partial charge is 0.281 e. The van der Waals surface area contributed by atoms with Gasteiger partial charge in [-0.2, -0.15) is 19.1 Å². The second-order valence-corrected chi connectivity index (χ2v) is 8.44. The maximum absolute atomic E-state index is 12.9. The number of hydrogen-bond donors (Lipinski definition) is 1. The molecule has 1 aliphatic carbocycles. The van der Waals surface area contributed by atoms with Gasteiger partial charge in [0.05, 0.1) is 11.1 Å². The lowest BCUT2D eigenvalue weighted by Crippen LogP contribution is -2.12. The zero-order valence-corrected chi connectivity index (χ0v) is 15.0. The van der Waals surface area contributed by atoms with Crippen LogP contribution in [0, 0.1) is 18.3 Å². The standard InChI is InChI=1S/C18H14F2N4O2S/c1-9-6-11(4-5-14(9)27(25,26)18(19)20)15-12(7-21)22-8-13-16(15)17(24-23-13)10-2-3-10/h4-6,8,10,18H,2-3H2,1H3,(H,23,24). The molecule has 0 radical (unpaired) electrons. The number of aromatic amines is 1. The van der Waals surface area contributed by atoms with Gasteiger partial charge in [0.25, 0.3) is 0 Å². The third-order valence-electron chi connectivity index (χ3n) is 4.72. The number of pyridine rings is 1. The number of sulfone groups is 1. The molecule has 0 saturated heterocycles. The molecule has 1 saturated carbocycles.